The summed E-state index contributed by atoms with van der Waals surface area (Å²) in [6.45, 7) is 2.62. The van der Waals surface area contributed by atoms with E-state index in [9.17, 15) is 9.90 Å². The van der Waals surface area contributed by atoms with Crippen molar-refractivity contribution in [1.29, 1.82) is 0 Å². The predicted molar refractivity (Wildman–Crippen MR) is 62.9 cm³/mol. The summed E-state index contributed by atoms with van der Waals surface area (Å²) in [6.07, 6.45) is 2.12. The van der Waals surface area contributed by atoms with Crippen LogP contribution in [0.25, 0.3) is 0 Å². The molecule has 0 aliphatic rings. The Hall–Kier alpha value is -1.33. The molecule has 0 bridgehead atoms. The maximum absolute atomic E-state index is 11.7. The first-order valence-corrected chi connectivity index (χ1v) is 5.70. The average molecular weight is 241 g/mol. The second-order valence-corrected chi connectivity index (χ2v) is 3.76. The van der Waals surface area contributed by atoms with E-state index in [-0.39, 0.29) is 12.5 Å². The third kappa shape index (κ3) is 4.20. The average Bonchev–Trinajstić information content (AvgIpc) is 2.77. The summed E-state index contributed by atoms with van der Waals surface area (Å²) in [6, 6.07) is 1.65. The van der Waals surface area contributed by atoms with Crippen molar-refractivity contribution in [3.8, 4) is 0 Å². The summed E-state index contributed by atoms with van der Waals surface area (Å²) in [7, 11) is 1.53. The minimum Gasteiger partial charge on any atom is -0.469 e. The van der Waals surface area contributed by atoms with Gasteiger partial charge in [0.25, 0.3) is 5.91 Å². The zero-order valence-corrected chi connectivity index (χ0v) is 10.2. The molecular formula is C12H19NO4. The molecule has 1 amide bonds. The van der Waals surface area contributed by atoms with Crippen LogP contribution < -0.4 is 5.32 Å². The van der Waals surface area contributed by atoms with Gasteiger partial charge in [-0.2, -0.15) is 0 Å². The fourth-order valence-corrected chi connectivity index (χ4v) is 1.54. The van der Waals surface area contributed by atoms with Gasteiger partial charge in [-0.3, -0.25) is 4.79 Å². The third-order valence-corrected chi connectivity index (χ3v) is 2.43. The number of rotatable bonds is 7. The number of carbonyl (C=O) groups excluding carboxylic acids is 1. The largest absolute Gasteiger partial charge is 0.469 e. The molecule has 0 spiro atoms. The van der Waals surface area contributed by atoms with Crippen LogP contribution in [0.2, 0.25) is 0 Å². The quantitative estimate of drug-likeness (QED) is 0.746. The monoisotopic (exact) mass is 241 g/mol. The van der Waals surface area contributed by atoms with Crippen molar-refractivity contribution >= 4 is 5.91 Å². The van der Waals surface area contributed by atoms with E-state index in [1.54, 1.807) is 6.07 Å². The van der Waals surface area contributed by atoms with Gasteiger partial charge in [-0.25, -0.2) is 0 Å². The van der Waals surface area contributed by atoms with Crippen molar-refractivity contribution in [3.05, 3.63) is 23.7 Å². The van der Waals surface area contributed by atoms with Gasteiger partial charge < -0.3 is 19.6 Å². The van der Waals surface area contributed by atoms with E-state index in [0.29, 0.717) is 30.7 Å². The molecule has 0 saturated carbocycles. The summed E-state index contributed by atoms with van der Waals surface area (Å²) in [5.74, 6) is 0.514. The van der Waals surface area contributed by atoms with Gasteiger partial charge in [-0.05, 0) is 12.5 Å². The minimum absolute atomic E-state index is 0.166. The Kier molecular flexibility index (Phi) is 5.72. The van der Waals surface area contributed by atoms with Gasteiger partial charge in [0.1, 0.15) is 5.76 Å². The number of aryl methyl sites for hydroxylation is 1. The normalized spacial score (nSPS) is 12.4. The fraction of sp³-hybridized carbons (Fsp3) is 0.583. The summed E-state index contributed by atoms with van der Waals surface area (Å²) in [5.41, 5.74) is 0.564. The highest BCUT2D eigenvalue weighted by Crippen LogP contribution is 2.10. The Balaban J connectivity index is 2.35. The van der Waals surface area contributed by atoms with Crippen molar-refractivity contribution in [2.24, 2.45) is 0 Å². The number of aliphatic hydroxyl groups excluding tert-OH is 1. The smallest absolute Gasteiger partial charge is 0.254 e. The first-order valence-electron chi connectivity index (χ1n) is 5.70. The van der Waals surface area contributed by atoms with Gasteiger partial charge in [0.05, 0.1) is 24.5 Å². The Labute approximate surface area is 101 Å². The summed E-state index contributed by atoms with van der Waals surface area (Å²) >= 11 is 0. The van der Waals surface area contributed by atoms with Crippen LogP contribution in [0, 0.1) is 0 Å². The summed E-state index contributed by atoms with van der Waals surface area (Å²) in [4.78, 5) is 11.7. The van der Waals surface area contributed by atoms with Gasteiger partial charge >= 0.3 is 0 Å². The standard InChI is InChI=1S/C12H19NO4/c1-3-11-10(5-7-17-11)12(15)13-6-4-9(14)8-16-2/h5,7,9,14H,3-4,6,8H2,1-2H3,(H,13,15). The highest BCUT2D eigenvalue weighted by molar-refractivity contribution is 5.95. The van der Waals surface area contributed by atoms with Crippen molar-refractivity contribution in [2.45, 2.75) is 25.9 Å². The first-order chi connectivity index (χ1) is 8.19. The number of amides is 1. The zero-order chi connectivity index (χ0) is 12.7. The molecule has 17 heavy (non-hydrogen) atoms. The van der Waals surface area contributed by atoms with Gasteiger partial charge in [0, 0.05) is 20.1 Å². The van der Waals surface area contributed by atoms with E-state index >= 15 is 0 Å². The molecule has 1 unspecified atom stereocenters. The molecule has 0 aliphatic carbocycles. The third-order valence-electron chi connectivity index (χ3n) is 2.43. The maximum Gasteiger partial charge on any atom is 0.254 e. The molecule has 2 N–H and O–H groups in total. The van der Waals surface area contributed by atoms with E-state index in [1.807, 2.05) is 6.92 Å². The molecule has 1 rings (SSSR count). The molecule has 0 radical (unpaired) electrons. The number of hydrogen-bond donors (Lipinski definition) is 2. The molecule has 1 atom stereocenters. The Morgan fingerprint density at radius 2 is 2.41 bits per heavy atom. The maximum atomic E-state index is 11.7. The minimum atomic E-state index is -0.546. The number of ether oxygens (including phenoxy) is 1. The Morgan fingerprint density at radius 3 is 3.06 bits per heavy atom. The number of methoxy groups -OCH3 is 1. The number of nitrogens with one attached hydrogen (secondary N) is 1. The molecule has 0 aromatic carbocycles. The molecular weight excluding hydrogens is 222 g/mol. The number of hydrogen-bond acceptors (Lipinski definition) is 4. The van der Waals surface area contributed by atoms with E-state index in [1.165, 1.54) is 13.4 Å². The van der Waals surface area contributed by atoms with Crippen LogP contribution in [0.5, 0.6) is 0 Å². The highest BCUT2D eigenvalue weighted by atomic mass is 16.5. The molecule has 1 aromatic rings. The van der Waals surface area contributed by atoms with Crippen LogP contribution in [0.15, 0.2) is 16.7 Å². The number of aliphatic hydroxyl groups is 1. The van der Waals surface area contributed by atoms with Crippen molar-refractivity contribution in [3.63, 3.8) is 0 Å². The van der Waals surface area contributed by atoms with E-state index in [4.69, 9.17) is 9.15 Å². The topological polar surface area (TPSA) is 71.7 Å². The zero-order valence-electron chi connectivity index (χ0n) is 10.2. The van der Waals surface area contributed by atoms with Crippen molar-refractivity contribution < 1.29 is 19.1 Å². The van der Waals surface area contributed by atoms with Crippen molar-refractivity contribution in [1.82, 2.24) is 5.32 Å². The van der Waals surface area contributed by atoms with Gasteiger partial charge in [0.15, 0.2) is 0 Å². The van der Waals surface area contributed by atoms with Crippen molar-refractivity contribution in [2.75, 3.05) is 20.3 Å². The number of furan rings is 1. The van der Waals surface area contributed by atoms with E-state index in [2.05, 4.69) is 5.32 Å². The SMILES string of the molecule is CCc1occc1C(=O)NCCC(O)COC. The van der Waals surface area contributed by atoms with Crippen LogP contribution in [0.4, 0.5) is 0 Å². The predicted octanol–water partition coefficient (Wildman–Crippen LogP) is 0.969. The molecule has 96 valence electrons. The van der Waals surface area contributed by atoms with Gasteiger partial charge in [0.2, 0.25) is 0 Å². The lowest BCUT2D eigenvalue weighted by Gasteiger charge is -2.09. The summed E-state index contributed by atoms with van der Waals surface area (Å²) in [5, 5.41) is 12.1. The molecule has 5 nitrogen and oxygen atoms in total. The van der Waals surface area contributed by atoms with Gasteiger partial charge in [-0.1, -0.05) is 6.92 Å². The van der Waals surface area contributed by atoms with Crippen LogP contribution in [-0.4, -0.2) is 37.4 Å². The van der Waals surface area contributed by atoms with E-state index < -0.39 is 6.10 Å². The van der Waals surface area contributed by atoms with Gasteiger partial charge in [-0.15, -0.1) is 0 Å². The molecule has 1 aromatic heterocycles. The second-order valence-electron chi connectivity index (χ2n) is 3.76. The lowest BCUT2D eigenvalue weighted by Crippen LogP contribution is -2.28. The van der Waals surface area contributed by atoms with Crippen LogP contribution >= 0.6 is 0 Å². The highest BCUT2D eigenvalue weighted by Gasteiger charge is 2.13. The molecule has 0 saturated heterocycles. The molecule has 0 aliphatic heterocycles. The first kappa shape index (κ1) is 13.7. The Morgan fingerprint density at radius 1 is 1.65 bits per heavy atom. The lowest BCUT2D eigenvalue weighted by molar-refractivity contribution is 0.0587. The fourth-order valence-electron chi connectivity index (χ4n) is 1.54. The Bertz CT molecular complexity index is 348. The molecule has 0 fully saturated rings. The van der Waals surface area contributed by atoms with Crippen LogP contribution in [0.3, 0.4) is 0 Å². The van der Waals surface area contributed by atoms with E-state index in [0.717, 1.165) is 0 Å². The molecule has 1 heterocycles. The van der Waals surface area contributed by atoms with Crippen LogP contribution in [0.1, 0.15) is 29.5 Å². The molecule has 5 heteroatoms. The lowest BCUT2D eigenvalue weighted by atomic mass is 10.2. The number of carbonyl (C=O) groups is 1. The second kappa shape index (κ2) is 7.09. The summed E-state index contributed by atoms with van der Waals surface area (Å²) < 4.78 is 9.96. The van der Waals surface area contributed by atoms with Crippen LogP contribution in [-0.2, 0) is 11.2 Å².